The number of nitrogens with zero attached hydrogens (tertiary/aromatic N) is 1. The van der Waals surface area contributed by atoms with Crippen molar-refractivity contribution in [2.75, 3.05) is 31.6 Å². The monoisotopic (exact) mass is 534 g/mol. The van der Waals surface area contributed by atoms with Gasteiger partial charge in [-0.1, -0.05) is 28.1 Å². The smallest absolute Gasteiger partial charge is 0.262 e. The topological polar surface area (TPSA) is 60.0 Å². The first kappa shape index (κ1) is 25.5. The predicted octanol–water partition coefficient (Wildman–Crippen LogP) is 5.27. The SMILES string of the molecule is CCOc1cc(C(=S)N2C[C@H](C)O[C@@H](C)C2)ccc1OCC(=O)Nc1c(C)cc(Br)cc1C. The first-order valence-electron chi connectivity index (χ1n) is 11.1. The lowest BCUT2D eigenvalue weighted by molar-refractivity contribution is -0.118. The number of thiocarbonyl (C=S) groups is 1. The second-order valence-electron chi connectivity index (χ2n) is 8.31. The quantitative estimate of drug-likeness (QED) is 0.488. The van der Waals surface area contributed by atoms with Crippen LogP contribution < -0.4 is 14.8 Å². The molecule has 1 N–H and O–H groups in total. The van der Waals surface area contributed by atoms with Crippen LogP contribution in [0.15, 0.2) is 34.8 Å². The molecule has 0 spiro atoms. The molecule has 1 aliphatic rings. The van der Waals surface area contributed by atoms with Crippen molar-refractivity contribution in [3.63, 3.8) is 0 Å². The average Bonchev–Trinajstić information content (AvgIpc) is 2.74. The lowest BCUT2D eigenvalue weighted by atomic mass is 10.1. The highest BCUT2D eigenvalue weighted by molar-refractivity contribution is 9.10. The van der Waals surface area contributed by atoms with Gasteiger partial charge in [0.15, 0.2) is 18.1 Å². The first-order chi connectivity index (χ1) is 15.7. The molecule has 0 unspecified atom stereocenters. The molecule has 1 heterocycles. The lowest BCUT2D eigenvalue weighted by Crippen LogP contribution is -2.47. The molecule has 1 saturated heterocycles. The zero-order chi connectivity index (χ0) is 24.1. The molecule has 1 fully saturated rings. The Morgan fingerprint density at radius 2 is 1.76 bits per heavy atom. The number of carbonyl (C=O) groups excluding carboxylic acids is 1. The van der Waals surface area contributed by atoms with Crippen LogP contribution in [0.2, 0.25) is 0 Å². The minimum absolute atomic E-state index is 0.122. The van der Waals surface area contributed by atoms with Crippen molar-refractivity contribution in [3.8, 4) is 11.5 Å². The minimum Gasteiger partial charge on any atom is -0.490 e. The van der Waals surface area contributed by atoms with Gasteiger partial charge in [0.1, 0.15) is 4.99 Å². The molecule has 0 radical (unpaired) electrons. The Morgan fingerprint density at radius 3 is 2.36 bits per heavy atom. The Bertz CT molecular complexity index is 996. The lowest BCUT2D eigenvalue weighted by Gasteiger charge is -2.37. The number of benzene rings is 2. The number of morpholine rings is 1. The van der Waals surface area contributed by atoms with Crippen molar-refractivity contribution < 1.29 is 19.0 Å². The Hall–Kier alpha value is -2.16. The zero-order valence-corrected chi connectivity index (χ0v) is 22.1. The van der Waals surface area contributed by atoms with Crippen molar-refractivity contribution in [2.24, 2.45) is 0 Å². The highest BCUT2D eigenvalue weighted by Gasteiger charge is 2.25. The normalized spacial score (nSPS) is 18.1. The molecule has 2 aromatic carbocycles. The third-order valence-electron chi connectivity index (χ3n) is 5.32. The molecule has 0 saturated carbocycles. The van der Waals surface area contributed by atoms with Crippen LogP contribution in [0.3, 0.4) is 0 Å². The van der Waals surface area contributed by atoms with E-state index in [1.54, 1.807) is 0 Å². The third-order valence-corrected chi connectivity index (χ3v) is 6.27. The van der Waals surface area contributed by atoms with Gasteiger partial charge in [0.2, 0.25) is 0 Å². The number of amides is 1. The van der Waals surface area contributed by atoms with Gasteiger partial charge in [0.05, 0.1) is 18.8 Å². The maximum absolute atomic E-state index is 12.6. The van der Waals surface area contributed by atoms with E-state index in [0.717, 1.165) is 44.9 Å². The van der Waals surface area contributed by atoms with Gasteiger partial charge in [-0.05, 0) is 76.1 Å². The Balaban J connectivity index is 1.69. The number of halogens is 1. The summed E-state index contributed by atoms with van der Waals surface area (Å²) < 4.78 is 18.4. The molecule has 2 atom stereocenters. The molecule has 1 amide bonds. The fraction of sp³-hybridized carbons (Fsp3) is 0.440. The van der Waals surface area contributed by atoms with E-state index in [9.17, 15) is 4.79 Å². The molecule has 0 aliphatic carbocycles. The molecule has 1 aliphatic heterocycles. The summed E-state index contributed by atoms with van der Waals surface area (Å²) in [6, 6.07) is 9.53. The molecular formula is C25H31BrN2O4S. The van der Waals surface area contributed by atoms with E-state index in [4.69, 9.17) is 26.4 Å². The fourth-order valence-electron chi connectivity index (χ4n) is 3.98. The molecule has 3 rings (SSSR count). The Morgan fingerprint density at radius 1 is 1.12 bits per heavy atom. The van der Waals surface area contributed by atoms with E-state index in [0.29, 0.717) is 18.1 Å². The van der Waals surface area contributed by atoms with E-state index in [1.165, 1.54) is 0 Å². The van der Waals surface area contributed by atoms with E-state index >= 15 is 0 Å². The van der Waals surface area contributed by atoms with Gasteiger partial charge in [-0.2, -0.15) is 0 Å². The summed E-state index contributed by atoms with van der Waals surface area (Å²) in [4.78, 5) is 15.5. The number of rotatable bonds is 7. The molecule has 178 valence electrons. The second-order valence-corrected chi connectivity index (χ2v) is 9.62. The molecule has 0 bridgehead atoms. The van der Waals surface area contributed by atoms with Gasteiger partial charge in [-0.3, -0.25) is 4.79 Å². The van der Waals surface area contributed by atoms with E-state index < -0.39 is 0 Å². The van der Waals surface area contributed by atoms with Crippen LogP contribution in [0.25, 0.3) is 0 Å². The van der Waals surface area contributed by atoms with Crippen LogP contribution in [0.1, 0.15) is 37.5 Å². The molecule has 2 aromatic rings. The highest BCUT2D eigenvalue weighted by Crippen LogP contribution is 2.30. The molecule has 8 heteroatoms. The maximum atomic E-state index is 12.6. The van der Waals surface area contributed by atoms with Gasteiger partial charge in [0, 0.05) is 28.8 Å². The largest absolute Gasteiger partial charge is 0.490 e. The summed E-state index contributed by atoms with van der Waals surface area (Å²) in [5.74, 6) is 0.837. The van der Waals surface area contributed by atoms with Crippen molar-refractivity contribution in [3.05, 3.63) is 51.5 Å². The van der Waals surface area contributed by atoms with Crippen molar-refractivity contribution in [1.82, 2.24) is 4.90 Å². The molecule has 6 nitrogen and oxygen atoms in total. The fourth-order valence-corrected chi connectivity index (χ4v) is 4.94. The zero-order valence-electron chi connectivity index (χ0n) is 19.7. The third kappa shape index (κ3) is 6.68. The van der Waals surface area contributed by atoms with Crippen molar-refractivity contribution in [1.29, 1.82) is 0 Å². The second kappa shape index (κ2) is 11.3. The number of nitrogens with one attached hydrogen (secondary N) is 1. The van der Waals surface area contributed by atoms with Crippen LogP contribution in [-0.4, -0.2) is 54.3 Å². The van der Waals surface area contributed by atoms with Gasteiger partial charge >= 0.3 is 0 Å². The number of hydrogen-bond donors (Lipinski definition) is 1. The van der Waals surface area contributed by atoms with Crippen molar-refractivity contribution >= 4 is 44.7 Å². The van der Waals surface area contributed by atoms with E-state index in [-0.39, 0.29) is 24.7 Å². The highest BCUT2D eigenvalue weighted by atomic mass is 79.9. The van der Waals surface area contributed by atoms with Crippen LogP contribution in [0, 0.1) is 13.8 Å². The van der Waals surface area contributed by atoms with Gasteiger partial charge in [-0.15, -0.1) is 0 Å². The summed E-state index contributed by atoms with van der Waals surface area (Å²) in [6.07, 6.45) is 0.245. The van der Waals surface area contributed by atoms with E-state index in [2.05, 4.69) is 40.0 Å². The van der Waals surface area contributed by atoms with Gasteiger partial charge in [-0.25, -0.2) is 0 Å². The maximum Gasteiger partial charge on any atom is 0.262 e. The van der Waals surface area contributed by atoms with Crippen LogP contribution in [0.5, 0.6) is 11.5 Å². The summed E-state index contributed by atoms with van der Waals surface area (Å²) >= 11 is 9.23. The molecule has 33 heavy (non-hydrogen) atoms. The summed E-state index contributed by atoms with van der Waals surface area (Å²) in [6.45, 7) is 11.8. The number of ether oxygens (including phenoxy) is 3. The van der Waals surface area contributed by atoms with Crippen LogP contribution in [-0.2, 0) is 9.53 Å². The summed E-state index contributed by atoms with van der Waals surface area (Å²) in [5, 5.41) is 2.94. The first-order valence-corrected chi connectivity index (χ1v) is 12.3. The number of hydrogen-bond acceptors (Lipinski definition) is 5. The van der Waals surface area contributed by atoms with Crippen molar-refractivity contribution in [2.45, 2.75) is 46.8 Å². The van der Waals surface area contributed by atoms with Crippen LogP contribution >= 0.6 is 28.1 Å². The predicted molar refractivity (Wildman–Crippen MR) is 139 cm³/mol. The van der Waals surface area contributed by atoms with Crippen LogP contribution in [0.4, 0.5) is 5.69 Å². The average molecular weight is 536 g/mol. The Kier molecular flexibility index (Phi) is 8.73. The standard InChI is InChI=1S/C25H31BrN2O4S/c1-6-30-22-11-19(25(33)28-12-17(4)32-18(5)13-28)7-8-21(22)31-14-23(29)27-24-15(2)9-20(26)10-16(24)3/h7-11,17-18H,6,12-14H2,1-5H3,(H,27,29)/t17-,18-/m0/s1. The molecule has 0 aromatic heterocycles. The summed E-state index contributed by atoms with van der Waals surface area (Å²) in [7, 11) is 0. The van der Waals surface area contributed by atoms with Gasteiger partial charge in [0.25, 0.3) is 5.91 Å². The van der Waals surface area contributed by atoms with Gasteiger partial charge < -0.3 is 24.4 Å². The number of aryl methyl sites for hydroxylation is 2. The number of anilines is 1. The Labute approximate surface area is 209 Å². The minimum atomic E-state index is -0.234. The summed E-state index contributed by atoms with van der Waals surface area (Å²) in [5.41, 5.74) is 3.64. The number of carbonyl (C=O) groups is 1. The molecular weight excluding hydrogens is 504 g/mol. The van der Waals surface area contributed by atoms with E-state index in [1.807, 2.05) is 51.1 Å².